The number of piperazine rings is 1. The SMILES string of the molecule is CC(OC(=O)Cn1nnc2ccccc2c1=O)C(=O)N1CCN(Cc2ccccc2)CC1. The molecule has 9 nitrogen and oxygen atoms in total. The van der Waals surface area contributed by atoms with Gasteiger partial charge in [0.25, 0.3) is 11.5 Å². The van der Waals surface area contributed by atoms with Gasteiger partial charge in [-0.1, -0.05) is 47.7 Å². The predicted molar refractivity (Wildman–Crippen MR) is 118 cm³/mol. The monoisotopic (exact) mass is 435 g/mol. The van der Waals surface area contributed by atoms with E-state index in [0.29, 0.717) is 24.0 Å². The standard InChI is InChI=1S/C23H25N5O4/c1-17(22(30)27-13-11-26(12-14-27)15-18-7-3-2-4-8-18)32-21(29)16-28-23(31)19-9-5-6-10-20(19)24-25-28/h2-10,17H,11-16H2,1H3. The summed E-state index contributed by atoms with van der Waals surface area (Å²) in [4.78, 5) is 41.5. The van der Waals surface area contributed by atoms with Crippen molar-refractivity contribution in [1.82, 2.24) is 24.8 Å². The second kappa shape index (κ2) is 9.69. The van der Waals surface area contributed by atoms with Gasteiger partial charge < -0.3 is 9.64 Å². The van der Waals surface area contributed by atoms with Gasteiger partial charge in [-0.05, 0) is 24.6 Å². The maximum atomic E-state index is 12.7. The molecule has 0 N–H and O–H groups in total. The average Bonchev–Trinajstić information content (AvgIpc) is 2.82. The lowest BCUT2D eigenvalue weighted by Crippen LogP contribution is -2.51. The number of rotatable bonds is 6. The van der Waals surface area contributed by atoms with Crippen molar-refractivity contribution in [2.45, 2.75) is 26.1 Å². The first-order chi connectivity index (χ1) is 15.5. The van der Waals surface area contributed by atoms with Crippen molar-refractivity contribution < 1.29 is 14.3 Å². The Hall–Kier alpha value is -3.59. The van der Waals surface area contributed by atoms with Crippen LogP contribution in [0.3, 0.4) is 0 Å². The number of hydrogen-bond acceptors (Lipinski definition) is 7. The molecule has 1 unspecified atom stereocenters. The second-order valence-electron chi connectivity index (χ2n) is 7.79. The zero-order valence-corrected chi connectivity index (χ0v) is 17.9. The molecule has 1 amide bonds. The summed E-state index contributed by atoms with van der Waals surface area (Å²) in [5.74, 6) is -0.949. The number of esters is 1. The Morgan fingerprint density at radius 1 is 1.00 bits per heavy atom. The predicted octanol–water partition coefficient (Wildman–Crippen LogP) is 1.07. The fourth-order valence-corrected chi connectivity index (χ4v) is 3.76. The first kappa shape index (κ1) is 21.6. The number of carbonyl (C=O) groups excluding carboxylic acids is 2. The van der Waals surface area contributed by atoms with Gasteiger partial charge in [-0.15, -0.1) is 5.10 Å². The third kappa shape index (κ3) is 5.00. The molecular formula is C23H25N5O4. The summed E-state index contributed by atoms with van der Waals surface area (Å²) in [7, 11) is 0. The van der Waals surface area contributed by atoms with E-state index in [1.54, 1.807) is 36.1 Å². The highest BCUT2D eigenvalue weighted by Gasteiger charge is 2.27. The van der Waals surface area contributed by atoms with E-state index in [4.69, 9.17) is 4.74 Å². The lowest BCUT2D eigenvalue weighted by molar-refractivity contribution is -0.160. The van der Waals surface area contributed by atoms with Crippen LogP contribution in [-0.2, 0) is 27.4 Å². The highest BCUT2D eigenvalue weighted by atomic mass is 16.5. The van der Waals surface area contributed by atoms with Crippen molar-refractivity contribution in [2.75, 3.05) is 26.2 Å². The van der Waals surface area contributed by atoms with Gasteiger partial charge in [0, 0.05) is 32.7 Å². The summed E-state index contributed by atoms with van der Waals surface area (Å²) in [5.41, 5.74) is 1.26. The minimum Gasteiger partial charge on any atom is -0.451 e. The molecule has 1 atom stereocenters. The Bertz CT molecular complexity index is 1160. The first-order valence-corrected chi connectivity index (χ1v) is 10.6. The molecule has 4 rings (SSSR count). The third-order valence-electron chi connectivity index (χ3n) is 5.50. The van der Waals surface area contributed by atoms with Gasteiger partial charge in [0.05, 0.1) is 5.39 Å². The molecule has 0 radical (unpaired) electrons. The van der Waals surface area contributed by atoms with Gasteiger partial charge in [-0.3, -0.25) is 19.3 Å². The molecule has 1 aliphatic rings. The summed E-state index contributed by atoms with van der Waals surface area (Å²) < 4.78 is 6.24. The van der Waals surface area contributed by atoms with Crippen molar-refractivity contribution in [2.24, 2.45) is 0 Å². The van der Waals surface area contributed by atoms with Crippen LogP contribution < -0.4 is 5.56 Å². The largest absolute Gasteiger partial charge is 0.451 e. The van der Waals surface area contributed by atoms with Gasteiger partial charge in [0.2, 0.25) is 0 Å². The zero-order chi connectivity index (χ0) is 22.5. The van der Waals surface area contributed by atoms with Crippen LogP contribution in [-0.4, -0.2) is 69.0 Å². The lowest BCUT2D eigenvalue weighted by atomic mass is 10.2. The van der Waals surface area contributed by atoms with Crippen LogP contribution in [0, 0.1) is 0 Å². The van der Waals surface area contributed by atoms with Crippen LogP contribution in [0.4, 0.5) is 0 Å². The molecule has 1 aliphatic heterocycles. The molecule has 1 fully saturated rings. The van der Waals surface area contributed by atoms with Crippen LogP contribution in [0.15, 0.2) is 59.4 Å². The van der Waals surface area contributed by atoms with Crippen molar-refractivity contribution >= 4 is 22.8 Å². The molecular weight excluding hydrogens is 410 g/mol. The quantitative estimate of drug-likeness (QED) is 0.534. The molecule has 2 aromatic carbocycles. The number of fused-ring (bicyclic) bond motifs is 1. The van der Waals surface area contributed by atoms with Crippen molar-refractivity contribution in [1.29, 1.82) is 0 Å². The minimum atomic E-state index is -0.938. The fourth-order valence-electron chi connectivity index (χ4n) is 3.76. The van der Waals surface area contributed by atoms with E-state index in [1.165, 1.54) is 5.56 Å². The van der Waals surface area contributed by atoms with Gasteiger partial charge in [-0.25, -0.2) is 0 Å². The van der Waals surface area contributed by atoms with E-state index in [0.717, 1.165) is 24.3 Å². The van der Waals surface area contributed by atoms with E-state index < -0.39 is 24.2 Å². The molecule has 9 heteroatoms. The van der Waals surface area contributed by atoms with Gasteiger partial charge >= 0.3 is 5.97 Å². The highest BCUT2D eigenvalue weighted by Crippen LogP contribution is 2.10. The maximum Gasteiger partial charge on any atom is 0.328 e. The molecule has 1 aromatic heterocycles. The molecule has 0 aliphatic carbocycles. The second-order valence-corrected chi connectivity index (χ2v) is 7.79. The van der Waals surface area contributed by atoms with E-state index >= 15 is 0 Å². The number of benzene rings is 2. The number of amides is 1. The van der Waals surface area contributed by atoms with E-state index in [-0.39, 0.29) is 5.91 Å². The van der Waals surface area contributed by atoms with Crippen molar-refractivity contribution in [3.8, 4) is 0 Å². The van der Waals surface area contributed by atoms with Crippen molar-refractivity contribution in [3.63, 3.8) is 0 Å². The molecule has 1 saturated heterocycles. The smallest absolute Gasteiger partial charge is 0.328 e. The van der Waals surface area contributed by atoms with Crippen LogP contribution >= 0.6 is 0 Å². The van der Waals surface area contributed by atoms with Crippen LogP contribution in [0.5, 0.6) is 0 Å². The topological polar surface area (TPSA) is 97.6 Å². The number of ether oxygens (including phenoxy) is 1. The Kier molecular flexibility index (Phi) is 6.55. The lowest BCUT2D eigenvalue weighted by Gasteiger charge is -2.35. The summed E-state index contributed by atoms with van der Waals surface area (Å²) in [5, 5.41) is 8.10. The summed E-state index contributed by atoms with van der Waals surface area (Å²) in [6.45, 7) is 4.64. The van der Waals surface area contributed by atoms with Crippen LogP contribution in [0.25, 0.3) is 10.9 Å². The maximum absolute atomic E-state index is 12.7. The molecule has 0 bridgehead atoms. The number of carbonyl (C=O) groups is 2. The van der Waals surface area contributed by atoms with Gasteiger partial charge in [0.15, 0.2) is 6.10 Å². The zero-order valence-electron chi connectivity index (χ0n) is 17.9. The Labute approximate surface area is 185 Å². The van der Waals surface area contributed by atoms with E-state index in [2.05, 4.69) is 27.3 Å². The van der Waals surface area contributed by atoms with Crippen LogP contribution in [0.1, 0.15) is 12.5 Å². The molecule has 0 saturated carbocycles. The fraction of sp³-hybridized carbons (Fsp3) is 0.348. The van der Waals surface area contributed by atoms with E-state index in [1.807, 2.05) is 18.2 Å². The summed E-state index contributed by atoms with van der Waals surface area (Å²) in [6, 6.07) is 17.0. The summed E-state index contributed by atoms with van der Waals surface area (Å²) >= 11 is 0. The summed E-state index contributed by atoms with van der Waals surface area (Å²) in [6.07, 6.45) is -0.938. The highest BCUT2D eigenvalue weighted by molar-refractivity contribution is 5.83. The molecule has 0 spiro atoms. The van der Waals surface area contributed by atoms with Gasteiger partial charge in [-0.2, -0.15) is 4.68 Å². The Morgan fingerprint density at radius 3 is 2.44 bits per heavy atom. The molecule has 2 heterocycles. The first-order valence-electron chi connectivity index (χ1n) is 10.6. The minimum absolute atomic E-state index is 0.241. The molecule has 166 valence electrons. The Balaban J connectivity index is 1.29. The molecule has 32 heavy (non-hydrogen) atoms. The number of aromatic nitrogens is 3. The number of nitrogens with zero attached hydrogens (tertiary/aromatic N) is 5. The normalized spacial score (nSPS) is 15.5. The van der Waals surface area contributed by atoms with Gasteiger partial charge in [0.1, 0.15) is 12.1 Å². The number of hydrogen-bond donors (Lipinski definition) is 0. The molecule has 3 aromatic rings. The van der Waals surface area contributed by atoms with Crippen molar-refractivity contribution in [3.05, 3.63) is 70.5 Å². The Morgan fingerprint density at radius 2 is 1.69 bits per heavy atom. The third-order valence-corrected chi connectivity index (χ3v) is 5.50. The average molecular weight is 435 g/mol. The van der Waals surface area contributed by atoms with Crippen LogP contribution in [0.2, 0.25) is 0 Å². The van der Waals surface area contributed by atoms with E-state index in [9.17, 15) is 14.4 Å².